The standard InChI is InChI=1S/C16H12F6O3/c17-15(18,19)9-24-13-5-4-12(7-14(13)25-16(20,21)22)11-3-1-2-10(6-11)8-23/h1-7,23H,8-9H2. The van der Waals surface area contributed by atoms with Gasteiger partial charge in [-0.2, -0.15) is 13.2 Å². The number of aliphatic hydroxyl groups is 1. The molecule has 3 nitrogen and oxygen atoms in total. The summed E-state index contributed by atoms with van der Waals surface area (Å²) < 4.78 is 82.4. The number of halogens is 6. The number of benzene rings is 2. The van der Waals surface area contributed by atoms with E-state index in [1.165, 1.54) is 12.1 Å². The van der Waals surface area contributed by atoms with Crippen LogP contribution >= 0.6 is 0 Å². The summed E-state index contributed by atoms with van der Waals surface area (Å²) in [4.78, 5) is 0. The molecule has 0 atom stereocenters. The molecule has 0 saturated carbocycles. The quantitative estimate of drug-likeness (QED) is 0.781. The second kappa shape index (κ2) is 7.22. The minimum atomic E-state index is -5.10. The van der Waals surface area contributed by atoms with Crippen molar-refractivity contribution in [3.63, 3.8) is 0 Å². The Balaban J connectivity index is 2.38. The maximum absolute atomic E-state index is 12.5. The number of hydrogen-bond acceptors (Lipinski definition) is 3. The predicted molar refractivity (Wildman–Crippen MR) is 76.0 cm³/mol. The smallest absolute Gasteiger partial charge is 0.480 e. The lowest BCUT2D eigenvalue weighted by molar-refractivity contribution is -0.275. The molecule has 0 aliphatic carbocycles. The number of hydrogen-bond donors (Lipinski definition) is 1. The summed E-state index contributed by atoms with van der Waals surface area (Å²) in [6, 6.07) is 9.48. The monoisotopic (exact) mass is 366 g/mol. The molecule has 0 bridgehead atoms. The molecule has 0 amide bonds. The molecule has 2 rings (SSSR count). The van der Waals surface area contributed by atoms with Gasteiger partial charge in [-0.3, -0.25) is 0 Å². The summed E-state index contributed by atoms with van der Waals surface area (Å²) in [5.41, 5.74) is 1.24. The van der Waals surface area contributed by atoms with Gasteiger partial charge in [0, 0.05) is 0 Å². The molecule has 0 unspecified atom stereocenters. The first-order valence-corrected chi connectivity index (χ1v) is 6.87. The Morgan fingerprint density at radius 3 is 2.12 bits per heavy atom. The van der Waals surface area contributed by atoms with Crippen molar-refractivity contribution in [2.75, 3.05) is 6.61 Å². The number of rotatable bonds is 5. The van der Waals surface area contributed by atoms with Gasteiger partial charge in [0.2, 0.25) is 0 Å². The highest BCUT2D eigenvalue weighted by molar-refractivity contribution is 5.67. The van der Waals surface area contributed by atoms with Gasteiger partial charge in [-0.15, -0.1) is 13.2 Å². The van der Waals surface area contributed by atoms with Crippen LogP contribution in [-0.2, 0) is 6.61 Å². The van der Waals surface area contributed by atoms with E-state index in [9.17, 15) is 26.3 Å². The summed E-state index contributed by atoms with van der Waals surface area (Å²) in [6.45, 7) is -2.02. The van der Waals surface area contributed by atoms with Crippen LogP contribution in [0.15, 0.2) is 42.5 Å². The summed E-state index contributed by atoms with van der Waals surface area (Å²) in [5.74, 6) is -1.57. The van der Waals surface area contributed by atoms with Gasteiger partial charge in [-0.05, 0) is 34.9 Å². The van der Waals surface area contributed by atoms with E-state index >= 15 is 0 Å². The van der Waals surface area contributed by atoms with Crippen LogP contribution in [0.4, 0.5) is 26.3 Å². The average Bonchev–Trinajstić information content (AvgIpc) is 2.51. The molecule has 25 heavy (non-hydrogen) atoms. The van der Waals surface area contributed by atoms with Gasteiger partial charge in [-0.25, -0.2) is 0 Å². The molecule has 1 N–H and O–H groups in total. The van der Waals surface area contributed by atoms with Crippen LogP contribution in [0.1, 0.15) is 5.56 Å². The third kappa shape index (κ3) is 5.86. The topological polar surface area (TPSA) is 38.7 Å². The first-order chi connectivity index (χ1) is 11.6. The lowest BCUT2D eigenvalue weighted by atomic mass is 10.0. The van der Waals surface area contributed by atoms with Crippen LogP contribution in [0.3, 0.4) is 0 Å². The maximum Gasteiger partial charge on any atom is 0.573 e. The Hall–Kier alpha value is -2.42. The van der Waals surface area contributed by atoms with Crippen molar-refractivity contribution in [1.29, 1.82) is 0 Å². The Morgan fingerprint density at radius 2 is 1.52 bits per heavy atom. The van der Waals surface area contributed by atoms with Crippen LogP contribution in [0, 0.1) is 0 Å². The molecule has 9 heteroatoms. The van der Waals surface area contributed by atoms with E-state index in [2.05, 4.69) is 9.47 Å². The maximum atomic E-state index is 12.5. The Kier molecular flexibility index (Phi) is 5.46. The van der Waals surface area contributed by atoms with Gasteiger partial charge >= 0.3 is 12.5 Å². The zero-order valence-electron chi connectivity index (χ0n) is 12.5. The third-order valence-corrected chi connectivity index (χ3v) is 3.00. The lowest BCUT2D eigenvalue weighted by Gasteiger charge is -2.16. The third-order valence-electron chi connectivity index (χ3n) is 3.00. The lowest BCUT2D eigenvalue weighted by Crippen LogP contribution is -2.21. The van der Waals surface area contributed by atoms with Crippen molar-refractivity contribution < 1.29 is 40.9 Å². The molecular formula is C16H12F6O3. The largest absolute Gasteiger partial charge is 0.573 e. The van der Waals surface area contributed by atoms with E-state index in [-0.39, 0.29) is 12.2 Å². The molecule has 2 aromatic carbocycles. The first-order valence-electron chi connectivity index (χ1n) is 6.87. The van der Waals surface area contributed by atoms with Gasteiger partial charge in [0.15, 0.2) is 18.1 Å². The minimum Gasteiger partial charge on any atom is -0.480 e. The van der Waals surface area contributed by atoms with Crippen LogP contribution in [0.5, 0.6) is 11.5 Å². The summed E-state index contributed by atoms with van der Waals surface area (Å²) in [5, 5.41) is 9.11. The van der Waals surface area contributed by atoms with Gasteiger partial charge in [0.05, 0.1) is 6.61 Å². The zero-order valence-corrected chi connectivity index (χ0v) is 12.5. The van der Waals surface area contributed by atoms with E-state index in [0.29, 0.717) is 11.1 Å². The Labute approximate surface area is 138 Å². The normalized spacial score (nSPS) is 12.1. The fraction of sp³-hybridized carbons (Fsp3) is 0.250. The van der Waals surface area contributed by atoms with Crippen molar-refractivity contribution in [3.8, 4) is 22.6 Å². The minimum absolute atomic E-state index is 0.258. The predicted octanol–water partition coefficient (Wildman–Crippen LogP) is 4.69. The summed E-state index contributed by atoms with van der Waals surface area (Å²) >= 11 is 0. The SMILES string of the molecule is OCc1cccc(-c2ccc(OCC(F)(F)F)c(OC(F)(F)F)c2)c1. The number of alkyl halides is 6. The molecule has 0 fully saturated rings. The van der Waals surface area contributed by atoms with E-state index in [1.807, 2.05) is 0 Å². The highest BCUT2D eigenvalue weighted by Crippen LogP contribution is 2.37. The van der Waals surface area contributed by atoms with E-state index in [0.717, 1.165) is 12.1 Å². The van der Waals surface area contributed by atoms with Crippen molar-refractivity contribution in [2.45, 2.75) is 19.1 Å². The molecule has 0 aliphatic rings. The highest BCUT2D eigenvalue weighted by Gasteiger charge is 2.34. The molecule has 0 radical (unpaired) electrons. The zero-order chi connectivity index (χ0) is 18.7. The van der Waals surface area contributed by atoms with Crippen molar-refractivity contribution in [2.24, 2.45) is 0 Å². The van der Waals surface area contributed by atoms with E-state index in [4.69, 9.17) is 5.11 Å². The molecule has 0 saturated heterocycles. The van der Waals surface area contributed by atoms with Crippen LogP contribution in [0.2, 0.25) is 0 Å². The van der Waals surface area contributed by atoms with Crippen LogP contribution in [-0.4, -0.2) is 24.3 Å². The molecule has 136 valence electrons. The van der Waals surface area contributed by atoms with Gasteiger partial charge in [0.1, 0.15) is 0 Å². The average molecular weight is 366 g/mol. The molecule has 0 heterocycles. The second-order valence-electron chi connectivity index (χ2n) is 4.97. The number of ether oxygens (including phenoxy) is 2. The molecular weight excluding hydrogens is 354 g/mol. The fourth-order valence-electron chi connectivity index (χ4n) is 2.02. The highest BCUT2D eigenvalue weighted by atomic mass is 19.4. The Morgan fingerprint density at radius 1 is 0.840 bits per heavy atom. The van der Waals surface area contributed by atoms with E-state index in [1.54, 1.807) is 18.2 Å². The Bertz CT molecular complexity index is 725. The molecule has 0 aromatic heterocycles. The van der Waals surface area contributed by atoms with Crippen molar-refractivity contribution in [1.82, 2.24) is 0 Å². The van der Waals surface area contributed by atoms with Crippen LogP contribution in [0.25, 0.3) is 11.1 Å². The first kappa shape index (κ1) is 18.9. The fourth-order valence-corrected chi connectivity index (χ4v) is 2.02. The van der Waals surface area contributed by atoms with Gasteiger partial charge < -0.3 is 14.6 Å². The molecule has 2 aromatic rings. The van der Waals surface area contributed by atoms with E-state index < -0.39 is 30.6 Å². The molecule has 0 spiro atoms. The second-order valence-corrected chi connectivity index (χ2v) is 4.97. The van der Waals surface area contributed by atoms with Gasteiger partial charge in [0.25, 0.3) is 0 Å². The number of aliphatic hydroxyl groups excluding tert-OH is 1. The summed E-state index contributed by atoms with van der Waals surface area (Å²) in [6.07, 6.45) is -9.80. The van der Waals surface area contributed by atoms with Crippen molar-refractivity contribution >= 4 is 0 Å². The van der Waals surface area contributed by atoms with Crippen LogP contribution < -0.4 is 9.47 Å². The van der Waals surface area contributed by atoms with Gasteiger partial charge in [-0.1, -0.05) is 24.3 Å². The van der Waals surface area contributed by atoms with Crippen molar-refractivity contribution in [3.05, 3.63) is 48.0 Å². The summed E-state index contributed by atoms with van der Waals surface area (Å²) in [7, 11) is 0. The molecule has 0 aliphatic heterocycles.